The van der Waals surface area contributed by atoms with Gasteiger partial charge in [-0.3, -0.25) is 0 Å². The van der Waals surface area contributed by atoms with Gasteiger partial charge in [-0.15, -0.1) is 0 Å². The van der Waals surface area contributed by atoms with Crippen LogP contribution in [0.5, 0.6) is 11.5 Å². The highest BCUT2D eigenvalue weighted by Crippen LogP contribution is 2.62. The number of anilines is 3. The molecule has 0 saturated heterocycles. The Morgan fingerprint density at radius 3 is 1.76 bits per heavy atom. The summed E-state index contributed by atoms with van der Waals surface area (Å²) in [6, 6.07) is 80.8. The van der Waals surface area contributed by atoms with E-state index in [0.717, 1.165) is 78.0 Å². The number of fused-ring (bicyclic) bond motifs is 14. The van der Waals surface area contributed by atoms with Crippen LogP contribution in [0.1, 0.15) is 22.3 Å². The highest BCUT2D eigenvalue weighted by atomic mass is 16.5. The van der Waals surface area contributed by atoms with Gasteiger partial charge in [0, 0.05) is 33.2 Å². The summed E-state index contributed by atoms with van der Waals surface area (Å²) in [6.07, 6.45) is 0. The summed E-state index contributed by atoms with van der Waals surface area (Å²) in [5, 5.41) is 4.40. The van der Waals surface area contributed by atoms with Crippen LogP contribution >= 0.6 is 0 Å². The van der Waals surface area contributed by atoms with Gasteiger partial charge in [0.05, 0.1) is 22.2 Å². The topological polar surface area (TPSA) is 25.6 Å². The van der Waals surface area contributed by atoms with E-state index in [9.17, 15) is 0 Å². The molecule has 1 aliphatic heterocycles. The highest BCUT2D eigenvalue weighted by Gasteiger charge is 2.51. The maximum Gasteiger partial charge on any atom is 0.145 e. The maximum absolute atomic E-state index is 6.73. The minimum absolute atomic E-state index is 0.491. The van der Waals surface area contributed by atoms with Crippen LogP contribution in [0.15, 0.2) is 229 Å². The van der Waals surface area contributed by atoms with Gasteiger partial charge in [-0.1, -0.05) is 176 Å². The van der Waals surface area contributed by atoms with Gasteiger partial charge >= 0.3 is 0 Å². The third kappa shape index (κ3) is 4.94. The normalized spacial score (nSPS) is 13.1. The Bertz CT molecular complexity index is 3520. The molecule has 0 fully saturated rings. The summed E-state index contributed by atoms with van der Waals surface area (Å²) in [5.41, 5.74) is 16.5. The zero-order chi connectivity index (χ0) is 40.8. The van der Waals surface area contributed by atoms with Crippen molar-refractivity contribution in [3.63, 3.8) is 0 Å². The van der Waals surface area contributed by atoms with Crippen molar-refractivity contribution >= 4 is 49.8 Å². The summed E-state index contributed by atoms with van der Waals surface area (Å²) >= 11 is 0. The molecule has 2 aliphatic rings. The molecule has 0 atom stereocenters. The number of para-hydroxylation sites is 4. The van der Waals surface area contributed by atoms with Crippen LogP contribution in [0, 0.1) is 0 Å². The number of benzene rings is 10. The van der Waals surface area contributed by atoms with Gasteiger partial charge < -0.3 is 14.1 Å². The summed E-state index contributed by atoms with van der Waals surface area (Å²) < 4.78 is 13.3. The van der Waals surface area contributed by atoms with Crippen LogP contribution in [0.25, 0.3) is 66.1 Å². The minimum atomic E-state index is -0.491. The largest absolute Gasteiger partial charge is 0.457 e. The van der Waals surface area contributed by atoms with Crippen LogP contribution in [0.2, 0.25) is 0 Å². The number of nitrogens with zero attached hydrogens (tertiary/aromatic N) is 1. The Kier molecular flexibility index (Phi) is 7.52. The third-order valence-corrected chi connectivity index (χ3v) is 13.1. The number of hydrogen-bond donors (Lipinski definition) is 0. The van der Waals surface area contributed by atoms with Gasteiger partial charge in [-0.05, 0) is 92.9 Å². The molecule has 0 saturated carbocycles. The smallest absolute Gasteiger partial charge is 0.145 e. The molecule has 0 unspecified atom stereocenters. The number of ether oxygens (including phenoxy) is 1. The van der Waals surface area contributed by atoms with Crippen molar-refractivity contribution in [3.8, 4) is 44.9 Å². The van der Waals surface area contributed by atoms with Gasteiger partial charge in [0.2, 0.25) is 0 Å². The second kappa shape index (κ2) is 13.4. The van der Waals surface area contributed by atoms with Crippen molar-refractivity contribution in [2.24, 2.45) is 0 Å². The summed E-state index contributed by atoms with van der Waals surface area (Å²) in [7, 11) is 0. The Hall–Kier alpha value is -8.14. The van der Waals surface area contributed by atoms with Crippen LogP contribution in [-0.4, -0.2) is 0 Å². The lowest BCUT2D eigenvalue weighted by Crippen LogP contribution is -2.32. The average Bonchev–Trinajstić information content (AvgIpc) is 3.87. The SMILES string of the molecule is c1ccc(-c2ccccc2N(c2ccc(-c3ccc4c(c3)-c3ccccc3C43c4ccccc4Oc4ccccc43)cc2)c2cc3ccccc3c3oc4ccccc4c23)cc1. The van der Waals surface area contributed by atoms with Crippen molar-refractivity contribution in [3.05, 3.63) is 247 Å². The zero-order valence-corrected chi connectivity index (χ0v) is 33.6. The monoisotopic (exact) mass is 791 g/mol. The molecule has 1 spiro atoms. The standard InChI is InChI=1S/C59H37NO2/c1-2-16-39(17-3-1)43-19-7-12-26-52(43)60(53-37-41-18-4-5-20-44(41)58-57(53)46-22-8-13-27-54(46)62-58)42-33-30-38(31-34-42)40-32-35-49-47(36-40)45-21-6-9-23-48(45)59(49)50-24-10-14-28-55(50)61-56-29-15-11-25-51(56)59/h1-37H. The lowest BCUT2D eigenvalue weighted by Gasteiger charge is -2.39. The fourth-order valence-electron chi connectivity index (χ4n) is 10.5. The number of rotatable bonds is 5. The summed E-state index contributed by atoms with van der Waals surface area (Å²) in [5.74, 6) is 1.80. The van der Waals surface area contributed by atoms with E-state index in [1.165, 1.54) is 38.9 Å². The highest BCUT2D eigenvalue weighted by molar-refractivity contribution is 6.22. The molecule has 11 aromatic rings. The molecule has 0 bridgehead atoms. The summed E-state index contributed by atoms with van der Waals surface area (Å²) in [6.45, 7) is 0. The van der Waals surface area contributed by atoms with Crippen molar-refractivity contribution in [1.29, 1.82) is 0 Å². The molecule has 0 amide bonds. The predicted molar refractivity (Wildman–Crippen MR) is 254 cm³/mol. The fraction of sp³-hybridized carbons (Fsp3) is 0.0169. The Labute approximate surface area is 359 Å². The first-order chi connectivity index (χ1) is 30.8. The van der Waals surface area contributed by atoms with Crippen molar-refractivity contribution in [1.82, 2.24) is 0 Å². The quantitative estimate of drug-likeness (QED) is 0.174. The van der Waals surface area contributed by atoms with Gasteiger partial charge in [-0.2, -0.15) is 0 Å². The Morgan fingerprint density at radius 1 is 0.371 bits per heavy atom. The molecule has 3 nitrogen and oxygen atoms in total. The van der Waals surface area contributed by atoms with Crippen LogP contribution in [-0.2, 0) is 5.41 Å². The van der Waals surface area contributed by atoms with Gasteiger partial charge in [0.25, 0.3) is 0 Å². The zero-order valence-electron chi connectivity index (χ0n) is 33.6. The summed E-state index contributed by atoms with van der Waals surface area (Å²) in [4.78, 5) is 2.42. The van der Waals surface area contributed by atoms with Gasteiger partial charge in [0.15, 0.2) is 0 Å². The number of hydrogen-bond acceptors (Lipinski definition) is 3. The molecular weight excluding hydrogens is 755 g/mol. The molecule has 3 heteroatoms. The second-order valence-corrected chi connectivity index (χ2v) is 16.3. The van der Waals surface area contributed by atoms with E-state index < -0.39 is 5.41 Å². The van der Waals surface area contributed by atoms with E-state index in [1.807, 2.05) is 6.07 Å². The fourth-order valence-corrected chi connectivity index (χ4v) is 10.5. The molecule has 1 aliphatic carbocycles. The molecule has 13 rings (SSSR count). The van der Waals surface area contributed by atoms with E-state index in [4.69, 9.17) is 9.15 Å². The van der Waals surface area contributed by atoms with Crippen LogP contribution in [0.3, 0.4) is 0 Å². The maximum atomic E-state index is 6.73. The first-order valence-electron chi connectivity index (χ1n) is 21.2. The molecule has 10 aromatic carbocycles. The molecule has 0 radical (unpaired) electrons. The van der Waals surface area contributed by atoms with Crippen molar-refractivity contribution in [2.45, 2.75) is 5.41 Å². The lowest BCUT2D eigenvalue weighted by atomic mass is 9.66. The molecule has 0 N–H and O–H groups in total. The molecule has 1 aromatic heterocycles. The van der Waals surface area contributed by atoms with E-state index in [0.29, 0.717) is 0 Å². The van der Waals surface area contributed by atoms with Gasteiger partial charge in [-0.25, -0.2) is 0 Å². The molecule has 2 heterocycles. The van der Waals surface area contributed by atoms with E-state index in [1.54, 1.807) is 0 Å². The number of furan rings is 1. The Morgan fingerprint density at radius 2 is 0.968 bits per heavy atom. The Balaban J connectivity index is 1.00. The first kappa shape index (κ1) is 34.7. The van der Waals surface area contributed by atoms with E-state index in [2.05, 4.69) is 223 Å². The first-order valence-corrected chi connectivity index (χ1v) is 21.2. The van der Waals surface area contributed by atoms with E-state index >= 15 is 0 Å². The van der Waals surface area contributed by atoms with Crippen molar-refractivity contribution in [2.75, 3.05) is 4.90 Å². The van der Waals surface area contributed by atoms with Gasteiger partial charge in [0.1, 0.15) is 22.7 Å². The average molecular weight is 792 g/mol. The molecular formula is C59H37NO2. The predicted octanol–water partition coefficient (Wildman–Crippen LogP) is 16.0. The van der Waals surface area contributed by atoms with Crippen molar-refractivity contribution < 1.29 is 9.15 Å². The third-order valence-electron chi connectivity index (χ3n) is 13.1. The second-order valence-electron chi connectivity index (χ2n) is 16.3. The minimum Gasteiger partial charge on any atom is -0.457 e. The van der Waals surface area contributed by atoms with E-state index in [-0.39, 0.29) is 0 Å². The lowest BCUT2D eigenvalue weighted by molar-refractivity contribution is 0.436. The molecule has 290 valence electrons. The van der Waals surface area contributed by atoms with Crippen LogP contribution < -0.4 is 9.64 Å². The molecule has 62 heavy (non-hydrogen) atoms. The van der Waals surface area contributed by atoms with Crippen LogP contribution in [0.4, 0.5) is 17.1 Å².